The van der Waals surface area contributed by atoms with E-state index in [0.29, 0.717) is 5.92 Å². The molecule has 1 unspecified atom stereocenters. The maximum absolute atomic E-state index is 6.39. The molecule has 0 bridgehead atoms. The summed E-state index contributed by atoms with van der Waals surface area (Å²) in [7, 11) is 0. The minimum atomic E-state index is -0.135. The normalized spacial score (nSPS) is 17.3. The fraction of sp³-hybridized carbons (Fsp3) is 0.704. The summed E-state index contributed by atoms with van der Waals surface area (Å²) in [5, 5.41) is 9.12. The highest BCUT2D eigenvalue weighted by Crippen LogP contribution is 2.33. The van der Waals surface area contributed by atoms with E-state index in [1.165, 1.54) is 44.1 Å². The van der Waals surface area contributed by atoms with Gasteiger partial charge in [-0.2, -0.15) is 0 Å². The van der Waals surface area contributed by atoms with Gasteiger partial charge in [-0.15, -0.1) is 5.10 Å². The summed E-state index contributed by atoms with van der Waals surface area (Å²) < 4.78 is 8.43. The molecule has 31 heavy (non-hydrogen) atoms. The van der Waals surface area contributed by atoms with E-state index in [4.69, 9.17) is 4.74 Å². The smallest absolute Gasteiger partial charge is 0.0904 e. The van der Waals surface area contributed by atoms with Gasteiger partial charge in [-0.25, -0.2) is 4.68 Å². The van der Waals surface area contributed by atoms with E-state index in [0.717, 1.165) is 24.6 Å². The molecule has 3 rings (SSSR count). The molecule has 4 nitrogen and oxygen atoms in total. The Hall–Kier alpha value is -1.68. The fourth-order valence-corrected chi connectivity index (χ4v) is 5.11. The van der Waals surface area contributed by atoms with E-state index in [1.807, 2.05) is 4.68 Å². The van der Waals surface area contributed by atoms with Crippen LogP contribution in [0.1, 0.15) is 104 Å². The minimum Gasteiger partial charge on any atom is -0.375 e. The largest absolute Gasteiger partial charge is 0.375 e. The van der Waals surface area contributed by atoms with Crippen molar-refractivity contribution >= 4 is 0 Å². The first-order valence-electron chi connectivity index (χ1n) is 12.3. The molecule has 1 aromatic heterocycles. The number of hydrogen-bond acceptors (Lipinski definition) is 3. The molecule has 0 N–H and O–H groups in total. The molecule has 4 heteroatoms. The van der Waals surface area contributed by atoms with Gasteiger partial charge in [0.2, 0.25) is 0 Å². The molecule has 1 aromatic carbocycles. The highest BCUT2D eigenvalue weighted by atomic mass is 16.5. The maximum atomic E-state index is 6.39. The maximum Gasteiger partial charge on any atom is 0.0904 e. The lowest BCUT2D eigenvalue weighted by Gasteiger charge is -2.33. The van der Waals surface area contributed by atoms with Gasteiger partial charge in [0, 0.05) is 18.7 Å². The van der Waals surface area contributed by atoms with Crippen LogP contribution in [0.2, 0.25) is 0 Å². The van der Waals surface area contributed by atoms with Crippen molar-refractivity contribution in [2.75, 3.05) is 6.61 Å². The molecule has 172 valence electrons. The third-order valence-corrected chi connectivity index (χ3v) is 6.99. The number of hydrogen-bond donors (Lipinski definition) is 0. The first kappa shape index (κ1) is 24.0. The molecule has 1 aliphatic carbocycles. The third-order valence-electron chi connectivity index (χ3n) is 6.99. The molecule has 1 saturated carbocycles. The van der Waals surface area contributed by atoms with Gasteiger partial charge in [-0.3, -0.25) is 0 Å². The average Bonchev–Trinajstić information content (AvgIpc) is 3.19. The second-order valence-electron chi connectivity index (χ2n) is 11.1. The number of aromatic nitrogens is 3. The first-order chi connectivity index (χ1) is 14.7. The Bertz CT molecular complexity index is 788. The second kappa shape index (κ2) is 10.3. The molecule has 1 atom stereocenters. The third kappa shape index (κ3) is 6.65. The van der Waals surface area contributed by atoms with Crippen LogP contribution in [0.3, 0.4) is 0 Å². The monoisotopic (exact) mass is 425 g/mol. The van der Waals surface area contributed by atoms with Gasteiger partial charge >= 0.3 is 0 Å². The summed E-state index contributed by atoms with van der Waals surface area (Å²) in [6, 6.07) is 10.7. The van der Waals surface area contributed by atoms with Crippen molar-refractivity contribution in [1.29, 1.82) is 0 Å². The highest BCUT2D eigenvalue weighted by molar-refractivity contribution is 5.27. The summed E-state index contributed by atoms with van der Waals surface area (Å²) in [6.07, 6.45) is 11.2. The van der Waals surface area contributed by atoms with Gasteiger partial charge in [0.05, 0.1) is 16.8 Å². The van der Waals surface area contributed by atoms with Crippen LogP contribution in [0.4, 0.5) is 0 Å². The Labute approximate surface area is 189 Å². The van der Waals surface area contributed by atoms with Crippen molar-refractivity contribution < 1.29 is 4.74 Å². The fourth-order valence-electron chi connectivity index (χ4n) is 5.11. The van der Waals surface area contributed by atoms with E-state index < -0.39 is 0 Å². The molecule has 0 saturated heterocycles. The Morgan fingerprint density at radius 3 is 2.35 bits per heavy atom. The van der Waals surface area contributed by atoms with E-state index in [-0.39, 0.29) is 17.1 Å². The Morgan fingerprint density at radius 1 is 1.03 bits per heavy atom. The zero-order valence-corrected chi connectivity index (χ0v) is 20.6. The predicted octanol–water partition coefficient (Wildman–Crippen LogP) is 6.96. The molecule has 0 radical (unpaired) electrons. The number of benzene rings is 1. The standard InChI is InChI=1S/C27H43N3O/c1-21(2)25(23-15-11-8-12-16-23)24-20-30(29-28-24)26(3,4)17-18-31-27(5,6)19-22-13-9-7-10-14-22/h8,11-12,15-16,20-22,25H,7,9-10,13-14,17-19H2,1-6H3. The summed E-state index contributed by atoms with van der Waals surface area (Å²) in [4.78, 5) is 0. The zero-order chi connectivity index (χ0) is 22.5. The lowest BCUT2D eigenvalue weighted by atomic mass is 9.82. The summed E-state index contributed by atoms with van der Waals surface area (Å²) in [5.74, 6) is 1.55. The lowest BCUT2D eigenvalue weighted by Crippen LogP contribution is -2.33. The quantitative estimate of drug-likeness (QED) is 0.413. The molecule has 2 aromatic rings. The first-order valence-corrected chi connectivity index (χ1v) is 12.3. The minimum absolute atomic E-state index is 0.0539. The second-order valence-corrected chi connectivity index (χ2v) is 11.1. The van der Waals surface area contributed by atoms with Crippen molar-refractivity contribution in [3.05, 3.63) is 47.8 Å². The van der Waals surface area contributed by atoms with Crippen LogP contribution in [0.15, 0.2) is 36.5 Å². The van der Waals surface area contributed by atoms with Gasteiger partial charge in [-0.1, -0.05) is 81.5 Å². The Kier molecular flexibility index (Phi) is 7.96. The van der Waals surface area contributed by atoms with Crippen molar-refractivity contribution in [3.8, 4) is 0 Å². The molecule has 0 aliphatic heterocycles. The number of rotatable bonds is 10. The SMILES string of the molecule is CC(C)C(c1ccccc1)c1cn(C(C)(C)CCOC(C)(C)CC2CCCCC2)nn1. The van der Waals surface area contributed by atoms with Gasteiger partial charge in [-0.05, 0) is 57.9 Å². The van der Waals surface area contributed by atoms with Crippen LogP contribution in [0.5, 0.6) is 0 Å². The van der Waals surface area contributed by atoms with Gasteiger partial charge in [0.1, 0.15) is 0 Å². The molecular weight excluding hydrogens is 382 g/mol. The van der Waals surface area contributed by atoms with E-state index in [2.05, 4.69) is 88.4 Å². The molecule has 0 amide bonds. The van der Waals surface area contributed by atoms with Gasteiger partial charge < -0.3 is 4.74 Å². The van der Waals surface area contributed by atoms with Crippen LogP contribution in [-0.4, -0.2) is 27.2 Å². The van der Waals surface area contributed by atoms with Gasteiger partial charge in [0.25, 0.3) is 0 Å². The van der Waals surface area contributed by atoms with Crippen LogP contribution in [0, 0.1) is 11.8 Å². The highest BCUT2D eigenvalue weighted by Gasteiger charge is 2.29. The van der Waals surface area contributed by atoms with Crippen molar-refractivity contribution in [1.82, 2.24) is 15.0 Å². The van der Waals surface area contributed by atoms with Crippen LogP contribution in [-0.2, 0) is 10.3 Å². The van der Waals surface area contributed by atoms with E-state index >= 15 is 0 Å². The van der Waals surface area contributed by atoms with Crippen molar-refractivity contribution in [2.24, 2.45) is 11.8 Å². The molecule has 1 heterocycles. The number of ether oxygens (including phenoxy) is 1. The number of nitrogens with zero attached hydrogens (tertiary/aromatic N) is 3. The molecule has 1 aliphatic rings. The van der Waals surface area contributed by atoms with Crippen LogP contribution < -0.4 is 0 Å². The van der Waals surface area contributed by atoms with E-state index in [9.17, 15) is 0 Å². The van der Waals surface area contributed by atoms with Crippen LogP contribution in [0.25, 0.3) is 0 Å². The Balaban J connectivity index is 1.60. The average molecular weight is 426 g/mol. The van der Waals surface area contributed by atoms with Crippen molar-refractivity contribution in [2.45, 2.75) is 104 Å². The van der Waals surface area contributed by atoms with Crippen LogP contribution >= 0.6 is 0 Å². The molecule has 1 fully saturated rings. The van der Waals surface area contributed by atoms with Gasteiger partial charge in [0.15, 0.2) is 0 Å². The van der Waals surface area contributed by atoms with Crippen molar-refractivity contribution in [3.63, 3.8) is 0 Å². The lowest BCUT2D eigenvalue weighted by molar-refractivity contribution is -0.0465. The summed E-state index contributed by atoms with van der Waals surface area (Å²) in [6.45, 7) is 14.2. The topological polar surface area (TPSA) is 39.9 Å². The summed E-state index contributed by atoms with van der Waals surface area (Å²) >= 11 is 0. The Morgan fingerprint density at radius 2 is 1.71 bits per heavy atom. The molecule has 0 spiro atoms. The summed E-state index contributed by atoms with van der Waals surface area (Å²) in [5.41, 5.74) is 2.16. The predicted molar refractivity (Wildman–Crippen MR) is 128 cm³/mol. The van der Waals surface area contributed by atoms with E-state index in [1.54, 1.807) is 0 Å². The molecular formula is C27H43N3O. The zero-order valence-electron chi connectivity index (χ0n) is 20.6.